The summed E-state index contributed by atoms with van der Waals surface area (Å²) in [6, 6.07) is 8.14. The Balaban J connectivity index is 2.16. The largest absolute Gasteiger partial charge is 0.380 e. The predicted molar refractivity (Wildman–Crippen MR) is 66.3 cm³/mol. The van der Waals surface area contributed by atoms with E-state index in [0.29, 0.717) is 0 Å². The molecule has 1 fully saturated rings. The molecule has 1 aromatic rings. The number of benzene rings is 1. The first-order valence-corrected chi connectivity index (χ1v) is 5.82. The molecule has 0 spiro atoms. The maximum absolute atomic E-state index is 8.87. The zero-order valence-corrected chi connectivity index (χ0v) is 10.2. The lowest BCUT2D eigenvalue weighted by Gasteiger charge is -2.27. The van der Waals surface area contributed by atoms with Crippen LogP contribution in [0.3, 0.4) is 0 Å². The van der Waals surface area contributed by atoms with Crippen molar-refractivity contribution in [3.05, 3.63) is 29.3 Å². The van der Waals surface area contributed by atoms with E-state index in [-0.39, 0.29) is 5.54 Å². The van der Waals surface area contributed by atoms with Crippen molar-refractivity contribution in [1.82, 2.24) is 0 Å². The zero-order valence-electron chi connectivity index (χ0n) is 10.2. The van der Waals surface area contributed by atoms with Crippen molar-refractivity contribution in [1.29, 1.82) is 5.26 Å². The lowest BCUT2D eigenvalue weighted by Crippen LogP contribution is -2.33. The average Bonchev–Trinajstić information content (AvgIpc) is 3.00. The van der Waals surface area contributed by atoms with Crippen LogP contribution in [0.4, 0.5) is 5.69 Å². The van der Waals surface area contributed by atoms with Crippen LogP contribution in [0.15, 0.2) is 18.2 Å². The molecular formula is C14H18N2. The van der Waals surface area contributed by atoms with Crippen molar-refractivity contribution in [2.45, 2.75) is 39.2 Å². The van der Waals surface area contributed by atoms with Crippen LogP contribution >= 0.6 is 0 Å². The van der Waals surface area contributed by atoms with Crippen LogP contribution in [0, 0.1) is 24.2 Å². The second kappa shape index (κ2) is 3.83. The Morgan fingerprint density at radius 2 is 2.06 bits per heavy atom. The molecule has 0 aromatic heterocycles. The van der Waals surface area contributed by atoms with Gasteiger partial charge >= 0.3 is 0 Å². The van der Waals surface area contributed by atoms with E-state index in [1.54, 1.807) is 0 Å². The number of aryl methyl sites for hydroxylation is 1. The fourth-order valence-corrected chi connectivity index (χ4v) is 2.15. The Morgan fingerprint density at radius 3 is 2.56 bits per heavy atom. The average molecular weight is 214 g/mol. The number of nitrogens with zero attached hydrogens (tertiary/aromatic N) is 1. The molecule has 0 aliphatic heterocycles. The van der Waals surface area contributed by atoms with Crippen molar-refractivity contribution in [3.8, 4) is 6.07 Å². The molecule has 1 saturated carbocycles. The molecule has 1 aromatic carbocycles. The second-order valence-corrected chi connectivity index (χ2v) is 5.26. The van der Waals surface area contributed by atoms with Crippen molar-refractivity contribution >= 4 is 5.69 Å². The third kappa shape index (κ3) is 2.19. The van der Waals surface area contributed by atoms with E-state index in [9.17, 15) is 0 Å². The topological polar surface area (TPSA) is 35.8 Å². The smallest absolute Gasteiger partial charge is 0.0994 e. The molecule has 0 atom stereocenters. The molecular weight excluding hydrogens is 196 g/mol. The van der Waals surface area contributed by atoms with E-state index in [0.717, 1.165) is 22.7 Å². The summed E-state index contributed by atoms with van der Waals surface area (Å²) in [6.45, 7) is 6.48. The van der Waals surface area contributed by atoms with E-state index in [1.807, 2.05) is 19.1 Å². The lowest BCUT2D eigenvalue weighted by molar-refractivity contribution is 0.494. The molecule has 0 amide bonds. The summed E-state index contributed by atoms with van der Waals surface area (Å²) in [5.41, 5.74) is 3.09. The minimum atomic E-state index is 0.167. The van der Waals surface area contributed by atoms with Crippen LogP contribution in [0.5, 0.6) is 0 Å². The zero-order chi connectivity index (χ0) is 11.8. The van der Waals surface area contributed by atoms with Gasteiger partial charge in [-0.2, -0.15) is 5.26 Å². The van der Waals surface area contributed by atoms with Crippen molar-refractivity contribution in [2.75, 3.05) is 5.32 Å². The summed E-state index contributed by atoms with van der Waals surface area (Å²) in [7, 11) is 0. The highest BCUT2D eigenvalue weighted by Crippen LogP contribution is 2.41. The maximum atomic E-state index is 8.87. The summed E-state index contributed by atoms with van der Waals surface area (Å²) in [4.78, 5) is 0. The van der Waals surface area contributed by atoms with Gasteiger partial charge in [0.2, 0.25) is 0 Å². The standard InChI is InChI=1S/C14H18N2/c1-10-8-13(7-4-11(10)9-15)16-14(2,3)12-5-6-12/h4,7-8,12,16H,5-6H2,1-3H3. The van der Waals surface area contributed by atoms with Crippen molar-refractivity contribution in [3.63, 3.8) is 0 Å². The van der Waals surface area contributed by atoms with E-state index >= 15 is 0 Å². The number of hydrogen-bond acceptors (Lipinski definition) is 2. The van der Waals surface area contributed by atoms with Crippen LogP contribution in [0.25, 0.3) is 0 Å². The van der Waals surface area contributed by atoms with Gasteiger partial charge < -0.3 is 5.32 Å². The molecule has 0 radical (unpaired) electrons. The molecule has 2 rings (SSSR count). The quantitative estimate of drug-likeness (QED) is 0.836. The fourth-order valence-electron chi connectivity index (χ4n) is 2.15. The highest BCUT2D eigenvalue weighted by molar-refractivity contribution is 5.53. The first kappa shape index (κ1) is 11.0. The van der Waals surface area contributed by atoms with Crippen LogP contribution in [-0.4, -0.2) is 5.54 Å². The van der Waals surface area contributed by atoms with Gasteiger partial charge in [0.05, 0.1) is 11.6 Å². The Bertz CT molecular complexity index is 437. The van der Waals surface area contributed by atoms with Crippen LogP contribution < -0.4 is 5.32 Å². The van der Waals surface area contributed by atoms with Gasteiger partial charge in [0.15, 0.2) is 0 Å². The molecule has 16 heavy (non-hydrogen) atoms. The van der Waals surface area contributed by atoms with Gasteiger partial charge in [-0.1, -0.05) is 0 Å². The molecule has 0 unspecified atom stereocenters. The lowest BCUT2D eigenvalue weighted by atomic mass is 9.97. The predicted octanol–water partition coefficient (Wildman–Crippen LogP) is 3.47. The Labute approximate surface area is 97.3 Å². The van der Waals surface area contributed by atoms with Gasteiger partial charge in [0.25, 0.3) is 0 Å². The van der Waals surface area contributed by atoms with E-state index in [1.165, 1.54) is 12.8 Å². The van der Waals surface area contributed by atoms with E-state index < -0.39 is 0 Å². The van der Waals surface area contributed by atoms with Gasteiger partial charge in [0, 0.05) is 11.2 Å². The van der Waals surface area contributed by atoms with Crippen LogP contribution in [-0.2, 0) is 0 Å². The number of nitrogens with one attached hydrogen (secondary N) is 1. The van der Waals surface area contributed by atoms with Gasteiger partial charge in [-0.25, -0.2) is 0 Å². The SMILES string of the molecule is Cc1cc(NC(C)(C)C2CC2)ccc1C#N. The summed E-state index contributed by atoms with van der Waals surface area (Å²) in [6.07, 6.45) is 2.66. The molecule has 0 heterocycles. The Hall–Kier alpha value is -1.49. The summed E-state index contributed by atoms with van der Waals surface area (Å²) >= 11 is 0. The first-order valence-electron chi connectivity index (χ1n) is 5.82. The van der Waals surface area contributed by atoms with Crippen LogP contribution in [0.1, 0.15) is 37.8 Å². The minimum absolute atomic E-state index is 0.167. The molecule has 2 heteroatoms. The van der Waals surface area contributed by atoms with Gasteiger partial charge in [0.1, 0.15) is 0 Å². The first-order chi connectivity index (χ1) is 7.53. The van der Waals surface area contributed by atoms with Gasteiger partial charge in [-0.15, -0.1) is 0 Å². The molecule has 0 bridgehead atoms. The number of rotatable bonds is 3. The minimum Gasteiger partial charge on any atom is -0.380 e. The normalized spacial score (nSPS) is 15.6. The highest BCUT2D eigenvalue weighted by Gasteiger charge is 2.37. The highest BCUT2D eigenvalue weighted by atomic mass is 15.0. The summed E-state index contributed by atoms with van der Waals surface area (Å²) in [5, 5.41) is 12.4. The number of hydrogen-bond donors (Lipinski definition) is 1. The van der Waals surface area contributed by atoms with Gasteiger partial charge in [-0.3, -0.25) is 0 Å². The number of nitriles is 1. The second-order valence-electron chi connectivity index (χ2n) is 5.26. The van der Waals surface area contributed by atoms with Crippen molar-refractivity contribution < 1.29 is 0 Å². The third-order valence-electron chi connectivity index (χ3n) is 3.41. The molecule has 1 aliphatic rings. The molecule has 2 nitrogen and oxygen atoms in total. The summed E-state index contributed by atoms with van der Waals surface area (Å²) < 4.78 is 0. The third-order valence-corrected chi connectivity index (χ3v) is 3.41. The maximum Gasteiger partial charge on any atom is 0.0994 e. The monoisotopic (exact) mass is 214 g/mol. The molecule has 1 aliphatic carbocycles. The molecule has 84 valence electrons. The fraction of sp³-hybridized carbons (Fsp3) is 0.500. The van der Waals surface area contributed by atoms with Crippen LogP contribution in [0.2, 0.25) is 0 Å². The number of anilines is 1. The summed E-state index contributed by atoms with van der Waals surface area (Å²) in [5.74, 6) is 0.795. The molecule has 0 saturated heterocycles. The van der Waals surface area contributed by atoms with E-state index in [2.05, 4.69) is 31.3 Å². The van der Waals surface area contributed by atoms with Gasteiger partial charge in [-0.05, 0) is 63.3 Å². The van der Waals surface area contributed by atoms with E-state index in [4.69, 9.17) is 5.26 Å². The molecule has 1 N–H and O–H groups in total. The van der Waals surface area contributed by atoms with Crippen molar-refractivity contribution in [2.24, 2.45) is 5.92 Å². The Kier molecular flexibility index (Phi) is 2.63. The Morgan fingerprint density at radius 1 is 1.38 bits per heavy atom.